The molecule has 1 aliphatic heterocycles. The molecule has 0 saturated carbocycles. The van der Waals surface area contributed by atoms with Crippen molar-refractivity contribution >= 4 is 5.97 Å². The molecule has 1 unspecified atom stereocenters. The van der Waals surface area contributed by atoms with Crippen molar-refractivity contribution in [3.63, 3.8) is 0 Å². The molecule has 3 aromatic carbocycles. The Morgan fingerprint density at radius 1 is 0.968 bits per heavy atom. The molecule has 0 aliphatic carbocycles. The van der Waals surface area contributed by atoms with Crippen LogP contribution in [0.3, 0.4) is 0 Å². The summed E-state index contributed by atoms with van der Waals surface area (Å²) < 4.78 is 10.2. The Labute approximate surface area is 184 Å². The molecule has 1 atom stereocenters. The maximum atomic E-state index is 11.6. The first-order chi connectivity index (χ1) is 15.1. The van der Waals surface area contributed by atoms with E-state index >= 15 is 0 Å². The third kappa shape index (κ3) is 4.64. The lowest BCUT2D eigenvalue weighted by Gasteiger charge is -2.24. The van der Waals surface area contributed by atoms with Crippen LogP contribution in [0.15, 0.2) is 66.7 Å². The smallest absolute Gasteiger partial charge is 0.337 e. The highest BCUT2D eigenvalue weighted by Crippen LogP contribution is 2.34. The van der Waals surface area contributed by atoms with Gasteiger partial charge in [-0.15, -0.1) is 0 Å². The van der Waals surface area contributed by atoms with Gasteiger partial charge in [-0.3, -0.25) is 4.90 Å². The van der Waals surface area contributed by atoms with E-state index in [9.17, 15) is 4.79 Å². The molecule has 160 valence electrons. The summed E-state index contributed by atoms with van der Waals surface area (Å²) in [5.74, 6) is 0.609. The van der Waals surface area contributed by atoms with E-state index < -0.39 is 0 Å². The van der Waals surface area contributed by atoms with Crippen LogP contribution in [0.5, 0.6) is 5.75 Å². The summed E-state index contributed by atoms with van der Waals surface area (Å²) >= 11 is 0. The van der Waals surface area contributed by atoms with Crippen LogP contribution in [0, 0.1) is 0 Å². The lowest BCUT2D eigenvalue weighted by Crippen LogP contribution is -2.20. The fourth-order valence-electron chi connectivity index (χ4n) is 4.34. The van der Waals surface area contributed by atoms with Crippen molar-refractivity contribution in [2.75, 3.05) is 14.2 Å². The fourth-order valence-corrected chi connectivity index (χ4v) is 4.34. The number of hydrogen-bond donors (Lipinski definition) is 0. The minimum Gasteiger partial charge on any atom is -0.497 e. The zero-order chi connectivity index (χ0) is 21.8. The minimum absolute atomic E-state index is 0.294. The van der Waals surface area contributed by atoms with Gasteiger partial charge >= 0.3 is 5.97 Å². The lowest BCUT2D eigenvalue weighted by atomic mass is 9.97. The number of benzene rings is 3. The van der Waals surface area contributed by atoms with Gasteiger partial charge in [-0.05, 0) is 71.8 Å². The van der Waals surface area contributed by atoms with Gasteiger partial charge in [0.1, 0.15) is 5.75 Å². The number of methoxy groups -OCH3 is 2. The molecule has 31 heavy (non-hydrogen) atoms. The van der Waals surface area contributed by atoms with E-state index in [4.69, 9.17) is 9.47 Å². The standard InChI is InChI=1S/C27H29NO3/c1-19(23-7-5-9-25(16-23)30-2)28-17-24-8-4-6-21(26(24)18-28)13-10-20-11-14-22(15-12-20)27(29)31-3/h4-9,11-12,14-16,19H,10,13,17-18H2,1-3H3. The second-order valence-corrected chi connectivity index (χ2v) is 8.10. The Bertz CT molecular complexity index is 1060. The molecule has 0 N–H and O–H groups in total. The molecule has 0 fully saturated rings. The summed E-state index contributed by atoms with van der Waals surface area (Å²) in [6.45, 7) is 4.20. The van der Waals surface area contributed by atoms with Gasteiger partial charge in [-0.25, -0.2) is 4.79 Å². The van der Waals surface area contributed by atoms with Crippen molar-refractivity contribution in [3.05, 3.63) is 100 Å². The Balaban J connectivity index is 1.44. The number of carbonyl (C=O) groups is 1. The number of hydrogen-bond acceptors (Lipinski definition) is 4. The Morgan fingerprint density at radius 2 is 1.74 bits per heavy atom. The highest BCUT2D eigenvalue weighted by Gasteiger charge is 2.26. The molecule has 3 aromatic rings. The van der Waals surface area contributed by atoms with E-state index in [-0.39, 0.29) is 5.97 Å². The molecule has 4 heteroatoms. The monoisotopic (exact) mass is 415 g/mol. The van der Waals surface area contributed by atoms with Gasteiger partial charge in [0.25, 0.3) is 0 Å². The topological polar surface area (TPSA) is 38.8 Å². The predicted octanol–water partition coefficient (Wildman–Crippen LogP) is 5.34. The van der Waals surface area contributed by atoms with E-state index in [1.807, 2.05) is 30.3 Å². The number of ether oxygens (including phenoxy) is 2. The number of fused-ring (bicyclic) bond motifs is 1. The molecule has 1 heterocycles. The SMILES string of the molecule is COC(=O)c1ccc(CCc2cccc3c2CN(C(C)c2cccc(OC)c2)C3)cc1. The van der Waals surface area contributed by atoms with E-state index in [1.165, 1.54) is 34.9 Å². The van der Waals surface area contributed by atoms with E-state index in [0.29, 0.717) is 11.6 Å². The third-order valence-corrected chi connectivity index (χ3v) is 6.29. The van der Waals surface area contributed by atoms with E-state index in [0.717, 1.165) is 31.7 Å². The Hall–Kier alpha value is -3.11. The van der Waals surface area contributed by atoms with Crippen molar-refractivity contribution in [2.24, 2.45) is 0 Å². The summed E-state index contributed by atoms with van der Waals surface area (Å²) in [7, 11) is 3.12. The number of carbonyl (C=O) groups excluding carboxylic acids is 1. The molecule has 4 nitrogen and oxygen atoms in total. The van der Waals surface area contributed by atoms with Gasteiger partial charge in [0.15, 0.2) is 0 Å². The van der Waals surface area contributed by atoms with E-state index in [1.54, 1.807) is 7.11 Å². The second-order valence-electron chi connectivity index (χ2n) is 8.10. The normalized spacial score (nSPS) is 14.2. The summed E-state index contributed by atoms with van der Waals surface area (Å²) in [5.41, 5.74) is 7.39. The van der Waals surface area contributed by atoms with Crippen LogP contribution in [0.2, 0.25) is 0 Å². The maximum Gasteiger partial charge on any atom is 0.337 e. The van der Waals surface area contributed by atoms with Crippen LogP contribution in [0.25, 0.3) is 0 Å². The Morgan fingerprint density at radius 3 is 2.48 bits per heavy atom. The third-order valence-electron chi connectivity index (χ3n) is 6.29. The summed E-state index contributed by atoms with van der Waals surface area (Å²) in [6.07, 6.45) is 1.94. The highest BCUT2D eigenvalue weighted by molar-refractivity contribution is 5.89. The first kappa shape index (κ1) is 21.1. The van der Waals surface area contributed by atoms with Crippen LogP contribution in [-0.2, 0) is 30.7 Å². The second kappa shape index (κ2) is 9.36. The van der Waals surface area contributed by atoms with Crippen molar-refractivity contribution < 1.29 is 14.3 Å². The molecule has 0 radical (unpaired) electrons. The maximum absolute atomic E-state index is 11.6. The molecule has 4 rings (SSSR count). The van der Waals surface area contributed by atoms with Crippen LogP contribution in [-0.4, -0.2) is 25.1 Å². The lowest BCUT2D eigenvalue weighted by molar-refractivity contribution is 0.0600. The molecular formula is C27H29NO3. The minimum atomic E-state index is -0.294. The van der Waals surface area contributed by atoms with Gasteiger partial charge in [0.05, 0.1) is 19.8 Å². The van der Waals surface area contributed by atoms with Gasteiger partial charge in [0, 0.05) is 19.1 Å². The fraction of sp³-hybridized carbons (Fsp3) is 0.296. The van der Waals surface area contributed by atoms with Crippen molar-refractivity contribution in [2.45, 2.75) is 38.9 Å². The highest BCUT2D eigenvalue weighted by atomic mass is 16.5. The average molecular weight is 416 g/mol. The zero-order valence-electron chi connectivity index (χ0n) is 18.4. The molecule has 1 aliphatic rings. The van der Waals surface area contributed by atoms with Crippen LogP contribution in [0.1, 0.15) is 51.1 Å². The summed E-state index contributed by atoms with van der Waals surface area (Å²) in [5, 5.41) is 0. The van der Waals surface area contributed by atoms with Gasteiger partial charge < -0.3 is 9.47 Å². The number of rotatable bonds is 7. The largest absolute Gasteiger partial charge is 0.497 e. The quantitative estimate of drug-likeness (QED) is 0.488. The first-order valence-corrected chi connectivity index (χ1v) is 10.7. The molecule has 0 aromatic heterocycles. The molecular weight excluding hydrogens is 386 g/mol. The van der Waals surface area contributed by atoms with Crippen molar-refractivity contribution in [1.29, 1.82) is 0 Å². The van der Waals surface area contributed by atoms with Crippen LogP contribution < -0.4 is 4.74 Å². The van der Waals surface area contributed by atoms with Crippen molar-refractivity contribution in [1.82, 2.24) is 4.90 Å². The summed E-state index contributed by atoms with van der Waals surface area (Å²) in [4.78, 5) is 14.1. The molecule has 0 amide bonds. The molecule has 0 saturated heterocycles. The van der Waals surface area contributed by atoms with E-state index in [2.05, 4.69) is 48.2 Å². The molecule has 0 spiro atoms. The summed E-state index contributed by atoms with van der Waals surface area (Å²) in [6, 6.07) is 23.1. The first-order valence-electron chi connectivity index (χ1n) is 10.7. The number of esters is 1. The van der Waals surface area contributed by atoms with Crippen molar-refractivity contribution in [3.8, 4) is 5.75 Å². The van der Waals surface area contributed by atoms with Gasteiger partial charge in [0.2, 0.25) is 0 Å². The number of nitrogens with zero attached hydrogens (tertiary/aromatic N) is 1. The Kier molecular flexibility index (Phi) is 6.38. The van der Waals surface area contributed by atoms with Crippen LogP contribution >= 0.6 is 0 Å². The number of aryl methyl sites for hydroxylation is 2. The van der Waals surface area contributed by atoms with Gasteiger partial charge in [-0.2, -0.15) is 0 Å². The molecule has 0 bridgehead atoms. The van der Waals surface area contributed by atoms with Gasteiger partial charge in [-0.1, -0.05) is 42.5 Å². The van der Waals surface area contributed by atoms with Crippen LogP contribution in [0.4, 0.5) is 0 Å². The predicted molar refractivity (Wildman–Crippen MR) is 122 cm³/mol. The average Bonchev–Trinajstić information content (AvgIpc) is 3.27. The zero-order valence-corrected chi connectivity index (χ0v) is 18.4.